The van der Waals surface area contributed by atoms with Crippen LogP contribution in [0.3, 0.4) is 0 Å². The van der Waals surface area contributed by atoms with Gasteiger partial charge in [-0.1, -0.05) is 76.6 Å². The minimum atomic E-state index is -0.913. The van der Waals surface area contributed by atoms with E-state index in [1.807, 2.05) is 27.7 Å². The standard InChI is InChI=1S/C43H54Cl2N4O7/c1-5-9-27(40(53)36(52)18-25-12-13-25)19-34(50)33-21-30(55-38-17-15-29(45)23-46-38)24-49(33)41(54)31(43(2,3)4)22-35(51)39(26-10-7-6-8-11-26)48-42-47-32-20-28(44)14-16-37(32)56-42/h14-17,20,23,25-27,30-31,33,39H,5-13,18-19,21-22,24H2,1-4H3,(H,47,48)/t27-,30-,31-,33+,39+/m1/s1. The molecule has 11 nitrogen and oxygen atoms in total. The molecule has 1 amide bonds. The highest BCUT2D eigenvalue weighted by Gasteiger charge is 2.47. The number of Topliss-reactive ketones (excluding diaryl/α,β-unsaturated/α-hetero) is 4. The minimum absolute atomic E-state index is 0.0204. The number of ketones is 4. The second-order valence-electron chi connectivity index (χ2n) is 17.1. The molecule has 0 radical (unpaired) electrons. The van der Waals surface area contributed by atoms with Gasteiger partial charge >= 0.3 is 0 Å². The summed E-state index contributed by atoms with van der Waals surface area (Å²) in [6.07, 6.45) is 8.78. The number of aromatic nitrogens is 2. The maximum absolute atomic E-state index is 14.9. The molecule has 3 aliphatic rings. The van der Waals surface area contributed by atoms with Crippen molar-refractivity contribution in [2.75, 3.05) is 11.9 Å². The summed E-state index contributed by atoms with van der Waals surface area (Å²) < 4.78 is 12.2. The Morgan fingerprint density at radius 1 is 0.982 bits per heavy atom. The van der Waals surface area contributed by atoms with Crippen LogP contribution in [0.25, 0.3) is 11.1 Å². The number of rotatable bonds is 18. The Kier molecular flexibility index (Phi) is 13.6. The van der Waals surface area contributed by atoms with E-state index in [0.29, 0.717) is 39.9 Å². The number of pyridine rings is 1. The zero-order valence-electron chi connectivity index (χ0n) is 32.9. The summed E-state index contributed by atoms with van der Waals surface area (Å²) in [6, 6.07) is 7.11. The quantitative estimate of drug-likeness (QED) is 0.124. The first kappa shape index (κ1) is 41.8. The molecule has 6 rings (SSSR count). The minimum Gasteiger partial charge on any atom is -0.472 e. The number of anilines is 1. The Balaban J connectivity index is 1.25. The lowest BCUT2D eigenvalue weighted by atomic mass is 9.74. The molecular formula is C43H54Cl2N4O7. The summed E-state index contributed by atoms with van der Waals surface area (Å²) in [5, 5.41) is 4.27. The van der Waals surface area contributed by atoms with Gasteiger partial charge in [0, 0.05) is 54.8 Å². The summed E-state index contributed by atoms with van der Waals surface area (Å²) >= 11 is 12.3. The Labute approximate surface area is 339 Å². The number of nitrogens with one attached hydrogen (secondary N) is 1. The lowest BCUT2D eigenvalue weighted by molar-refractivity contribution is -0.147. The maximum atomic E-state index is 14.9. The average Bonchev–Trinajstić information content (AvgIpc) is 3.73. The van der Waals surface area contributed by atoms with E-state index in [1.165, 1.54) is 6.20 Å². The molecule has 1 saturated heterocycles. The van der Waals surface area contributed by atoms with Crippen molar-refractivity contribution in [2.24, 2.45) is 29.1 Å². The third-order valence-electron chi connectivity index (χ3n) is 11.7. The van der Waals surface area contributed by atoms with Crippen molar-refractivity contribution in [3.63, 3.8) is 0 Å². The highest BCUT2D eigenvalue weighted by atomic mass is 35.5. The zero-order valence-corrected chi connectivity index (χ0v) is 34.4. The topological polar surface area (TPSA) is 149 Å². The van der Waals surface area contributed by atoms with Crippen LogP contribution in [0.2, 0.25) is 10.0 Å². The zero-order chi connectivity index (χ0) is 40.1. The molecule has 1 aromatic carbocycles. The highest BCUT2D eigenvalue weighted by molar-refractivity contribution is 6.38. The second-order valence-corrected chi connectivity index (χ2v) is 18.0. The molecule has 56 heavy (non-hydrogen) atoms. The van der Waals surface area contributed by atoms with Crippen molar-refractivity contribution < 1.29 is 33.1 Å². The third-order valence-corrected chi connectivity index (χ3v) is 12.1. The molecule has 5 atom stereocenters. The summed E-state index contributed by atoms with van der Waals surface area (Å²) in [4.78, 5) is 80.4. The molecule has 3 heterocycles. The van der Waals surface area contributed by atoms with Crippen LogP contribution in [0, 0.1) is 29.1 Å². The first-order valence-corrected chi connectivity index (χ1v) is 21.0. The van der Waals surface area contributed by atoms with Gasteiger partial charge in [-0.25, -0.2) is 4.98 Å². The summed E-state index contributed by atoms with van der Waals surface area (Å²) in [7, 11) is 0. The number of fused-ring (bicyclic) bond motifs is 1. The number of hydrogen-bond acceptors (Lipinski definition) is 10. The molecule has 3 aromatic rings. The van der Waals surface area contributed by atoms with Crippen LogP contribution in [0.1, 0.15) is 111 Å². The largest absolute Gasteiger partial charge is 0.472 e. The fraction of sp³-hybridized carbons (Fsp3) is 0.605. The van der Waals surface area contributed by atoms with Crippen molar-refractivity contribution in [1.29, 1.82) is 0 Å². The predicted octanol–water partition coefficient (Wildman–Crippen LogP) is 8.87. The number of likely N-dealkylation sites (tertiary alicyclic amines) is 1. The monoisotopic (exact) mass is 808 g/mol. The second kappa shape index (κ2) is 18.2. The summed E-state index contributed by atoms with van der Waals surface area (Å²) in [5.74, 6) is -2.64. The predicted molar refractivity (Wildman–Crippen MR) is 215 cm³/mol. The number of carbonyl (C=O) groups excluding carboxylic acids is 5. The van der Waals surface area contributed by atoms with Gasteiger partial charge in [0.15, 0.2) is 22.9 Å². The molecule has 0 bridgehead atoms. The number of carbonyl (C=O) groups is 5. The molecular weight excluding hydrogens is 755 g/mol. The van der Waals surface area contributed by atoms with E-state index < -0.39 is 47.0 Å². The van der Waals surface area contributed by atoms with Crippen LogP contribution in [-0.2, 0) is 24.0 Å². The Hall–Kier alpha value is -3.83. The van der Waals surface area contributed by atoms with E-state index in [0.717, 1.165) is 44.9 Å². The third kappa shape index (κ3) is 10.6. The molecule has 1 N–H and O–H groups in total. The SMILES string of the molecule is CCC[C@H](CC(=O)[C@@H]1C[C@@H](Oc2ccc(Cl)cn2)CN1C(=O)[C@@H](CC(=O)[C@@H](Nc1nc2cc(Cl)ccc2o1)C1CCCCC1)C(C)(C)C)C(=O)C(=O)CC1CC1. The Morgan fingerprint density at radius 3 is 2.38 bits per heavy atom. The van der Waals surface area contributed by atoms with Gasteiger partial charge in [0.25, 0.3) is 6.01 Å². The van der Waals surface area contributed by atoms with Gasteiger partial charge < -0.3 is 19.4 Å². The van der Waals surface area contributed by atoms with Crippen LogP contribution in [0.5, 0.6) is 5.88 Å². The number of halogens is 2. The number of ether oxygens (including phenoxy) is 1. The fourth-order valence-electron chi connectivity index (χ4n) is 8.32. The molecule has 2 saturated carbocycles. The summed E-state index contributed by atoms with van der Waals surface area (Å²) in [6.45, 7) is 7.79. The average molecular weight is 810 g/mol. The van der Waals surface area contributed by atoms with Gasteiger partial charge in [0.2, 0.25) is 17.6 Å². The van der Waals surface area contributed by atoms with Crippen LogP contribution in [0.15, 0.2) is 40.9 Å². The number of benzene rings is 1. The highest BCUT2D eigenvalue weighted by Crippen LogP contribution is 2.38. The molecule has 3 fully saturated rings. The van der Waals surface area contributed by atoms with Crippen molar-refractivity contribution in [1.82, 2.24) is 14.9 Å². The number of hydrogen-bond donors (Lipinski definition) is 1. The number of nitrogens with zero attached hydrogens (tertiary/aromatic N) is 3. The van der Waals surface area contributed by atoms with Crippen LogP contribution < -0.4 is 10.1 Å². The van der Waals surface area contributed by atoms with Gasteiger partial charge in [0.05, 0.1) is 23.7 Å². The van der Waals surface area contributed by atoms with Gasteiger partial charge in [0.1, 0.15) is 11.6 Å². The molecule has 2 aromatic heterocycles. The first-order valence-electron chi connectivity index (χ1n) is 20.2. The lowest BCUT2D eigenvalue weighted by Crippen LogP contribution is -2.49. The van der Waals surface area contributed by atoms with Crippen LogP contribution in [-0.4, -0.2) is 68.6 Å². The van der Waals surface area contributed by atoms with Gasteiger partial charge in [-0.15, -0.1) is 0 Å². The van der Waals surface area contributed by atoms with E-state index in [-0.39, 0.29) is 67.6 Å². The number of amides is 1. The van der Waals surface area contributed by atoms with Gasteiger partial charge in [-0.3, -0.25) is 24.0 Å². The van der Waals surface area contributed by atoms with Gasteiger partial charge in [-0.2, -0.15) is 4.98 Å². The maximum Gasteiger partial charge on any atom is 0.296 e. The van der Waals surface area contributed by atoms with Crippen molar-refractivity contribution in [2.45, 2.75) is 129 Å². The van der Waals surface area contributed by atoms with Crippen molar-refractivity contribution in [3.05, 3.63) is 46.6 Å². The Bertz CT molecular complexity index is 1900. The van der Waals surface area contributed by atoms with E-state index >= 15 is 0 Å². The number of oxazole rings is 1. The van der Waals surface area contributed by atoms with E-state index in [9.17, 15) is 24.0 Å². The normalized spacial score (nSPS) is 20.7. The van der Waals surface area contributed by atoms with E-state index in [2.05, 4.69) is 15.3 Å². The molecule has 1 aliphatic heterocycles. The first-order chi connectivity index (χ1) is 26.7. The molecule has 0 unspecified atom stereocenters. The van der Waals surface area contributed by atoms with Crippen LogP contribution >= 0.6 is 23.2 Å². The molecule has 0 spiro atoms. The lowest BCUT2D eigenvalue weighted by Gasteiger charge is -2.36. The Morgan fingerprint density at radius 2 is 1.71 bits per heavy atom. The molecule has 302 valence electrons. The van der Waals surface area contributed by atoms with Crippen molar-refractivity contribution in [3.8, 4) is 5.88 Å². The molecule has 13 heteroatoms. The van der Waals surface area contributed by atoms with E-state index in [1.54, 1.807) is 35.2 Å². The fourth-order valence-corrected chi connectivity index (χ4v) is 8.59. The van der Waals surface area contributed by atoms with E-state index in [4.69, 9.17) is 32.4 Å². The van der Waals surface area contributed by atoms with Gasteiger partial charge in [-0.05, 0) is 73.6 Å². The van der Waals surface area contributed by atoms with Crippen molar-refractivity contribution >= 4 is 69.4 Å². The molecule has 2 aliphatic carbocycles. The van der Waals surface area contributed by atoms with Crippen LogP contribution in [0.4, 0.5) is 6.01 Å². The summed E-state index contributed by atoms with van der Waals surface area (Å²) in [5.41, 5.74) is 0.446. The smallest absolute Gasteiger partial charge is 0.296 e.